The standard InChI is InChI=1S/C21H24N2O4/c1-21(2,3)11-19(24)23-16-7-5-4-6-15(16)20(25)22-12-14-8-9-17-18(10-14)27-13-26-17/h4-10H,11-13H2,1-3H3,(H,22,25)(H,23,24). The van der Waals surface area contributed by atoms with E-state index < -0.39 is 0 Å². The third-order valence-corrected chi connectivity index (χ3v) is 4.03. The van der Waals surface area contributed by atoms with Crippen LogP contribution >= 0.6 is 0 Å². The van der Waals surface area contributed by atoms with Crippen LogP contribution in [0.4, 0.5) is 5.69 Å². The number of rotatable bonds is 5. The van der Waals surface area contributed by atoms with Crippen LogP contribution in [0.2, 0.25) is 0 Å². The fraction of sp³-hybridized carbons (Fsp3) is 0.333. The van der Waals surface area contributed by atoms with Crippen LogP contribution in [0, 0.1) is 5.41 Å². The maximum Gasteiger partial charge on any atom is 0.253 e. The molecule has 0 fully saturated rings. The summed E-state index contributed by atoms with van der Waals surface area (Å²) in [6.07, 6.45) is 0.375. The van der Waals surface area contributed by atoms with Crippen molar-refractivity contribution in [1.29, 1.82) is 0 Å². The molecule has 0 atom stereocenters. The lowest BCUT2D eigenvalue weighted by atomic mass is 9.92. The predicted octanol–water partition coefficient (Wildman–Crippen LogP) is 3.72. The smallest absolute Gasteiger partial charge is 0.253 e. The summed E-state index contributed by atoms with van der Waals surface area (Å²) in [7, 11) is 0. The van der Waals surface area contributed by atoms with Crippen molar-refractivity contribution >= 4 is 17.5 Å². The molecule has 2 aromatic rings. The Kier molecular flexibility index (Phi) is 5.35. The normalized spacial score (nSPS) is 12.6. The number of fused-ring (bicyclic) bond motifs is 1. The van der Waals surface area contributed by atoms with Crippen LogP contribution in [0.25, 0.3) is 0 Å². The van der Waals surface area contributed by atoms with E-state index in [4.69, 9.17) is 9.47 Å². The second kappa shape index (κ2) is 7.70. The molecule has 0 aliphatic carbocycles. The lowest BCUT2D eigenvalue weighted by Crippen LogP contribution is -2.25. The molecular weight excluding hydrogens is 344 g/mol. The first-order chi connectivity index (χ1) is 12.8. The van der Waals surface area contributed by atoms with Crippen LogP contribution in [0.1, 0.15) is 43.1 Å². The van der Waals surface area contributed by atoms with E-state index in [2.05, 4.69) is 10.6 Å². The Morgan fingerprint density at radius 1 is 1.04 bits per heavy atom. The van der Waals surface area contributed by atoms with E-state index in [0.717, 1.165) is 5.56 Å². The van der Waals surface area contributed by atoms with E-state index in [-0.39, 0.29) is 24.0 Å². The van der Waals surface area contributed by atoms with Crippen molar-refractivity contribution in [2.75, 3.05) is 12.1 Å². The Balaban J connectivity index is 1.65. The predicted molar refractivity (Wildman–Crippen MR) is 103 cm³/mol. The fourth-order valence-electron chi connectivity index (χ4n) is 2.79. The average molecular weight is 368 g/mol. The van der Waals surface area contributed by atoms with Gasteiger partial charge in [-0.05, 0) is 35.2 Å². The maximum absolute atomic E-state index is 12.6. The van der Waals surface area contributed by atoms with Gasteiger partial charge in [0.15, 0.2) is 11.5 Å². The third kappa shape index (κ3) is 5.00. The molecule has 0 radical (unpaired) electrons. The number of para-hydroxylation sites is 1. The molecule has 2 N–H and O–H groups in total. The summed E-state index contributed by atoms with van der Waals surface area (Å²) in [4.78, 5) is 24.8. The average Bonchev–Trinajstić information content (AvgIpc) is 3.06. The topological polar surface area (TPSA) is 76.7 Å². The number of benzene rings is 2. The van der Waals surface area contributed by atoms with Gasteiger partial charge in [0.05, 0.1) is 11.3 Å². The zero-order chi connectivity index (χ0) is 19.4. The summed E-state index contributed by atoms with van der Waals surface area (Å²) in [6.45, 7) is 6.55. The molecule has 0 saturated carbocycles. The first-order valence-corrected chi connectivity index (χ1v) is 8.87. The van der Waals surface area contributed by atoms with Gasteiger partial charge in [0.1, 0.15) is 0 Å². The van der Waals surface area contributed by atoms with Crippen LogP contribution in [0.15, 0.2) is 42.5 Å². The van der Waals surface area contributed by atoms with Gasteiger partial charge >= 0.3 is 0 Å². The molecule has 142 valence electrons. The lowest BCUT2D eigenvalue weighted by Gasteiger charge is -2.18. The Hall–Kier alpha value is -3.02. The number of nitrogens with one attached hydrogen (secondary N) is 2. The molecule has 0 bridgehead atoms. The minimum Gasteiger partial charge on any atom is -0.454 e. The quantitative estimate of drug-likeness (QED) is 0.843. The van der Waals surface area contributed by atoms with Gasteiger partial charge in [0.25, 0.3) is 5.91 Å². The number of carbonyl (C=O) groups excluding carboxylic acids is 2. The van der Waals surface area contributed by atoms with Crippen LogP contribution in [0.3, 0.4) is 0 Å². The highest BCUT2D eigenvalue weighted by Crippen LogP contribution is 2.32. The van der Waals surface area contributed by atoms with Crippen molar-refractivity contribution < 1.29 is 19.1 Å². The van der Waals surface area contributed by atoms with Gasteiger partial charge < -0.3 is 20.1 Å². The van der Waals surface area contributed by atoms with Gasteiger partial charge in [-0.1, -0.05) is 39.0 Å². The number of amides is 2. The van der Waals surface area contributed by atoms with Crippen LogP contribution in [0.5, 0.6) is 11.5 Å². The molecule has 6 nitrogen and oxygen atoms in total. The summed E-state index contributed by atoms with van der Waals surface area (Å²) >= 11 is 0. The minimum absolute atomic E-state index is 0.112. The largest absolute Gasteiger partial charge is 0.454 e. The third-order valence-electron chi connectivity index (χ3n) is 4.03. The van der Waals surface area contributed by atoms with Gasteiger partial charge in [0, 0.05) is 13.0 Å². The number of carbonyl (C=O) groups is 2. The molecule has 0 saturated heterocycles. The van der Waals surface area contributed by atoms with E-state index in [1.807, 2.05) is 39.0 Å². The number of hydrogen-bond donors (Lipinski definition) is 2. The van der Waals surface area contributed by atoms with Gasteiger partial charge in [-0.15, -0.1) is 0 Å². The molecule has 1 aliphatic heterocycles. The molecular formula is C21H24N2O4. The molecule has 2 aromatic carbocycles. The molecule has 0 spiro atoms. The van der Waals surface area contributed by atoms with Crippen molar-refractivity contribution in [3.8, 4) is 11.5 Å². The highest BCUT2D eigenvalue weighted by Gasteiger charge is 2.19. The van der Waals surface area contributed by atoms with E-state index in [0.29, 0.717) is 35.7 Å². The molecule has 1 heterocycles. The second-order valence-electron chi connectivity index (χ2n) is 7.70. The van der Waals surface area contributed by atoms with Crippen LogP contribution in [-0.2, 0) is 11.3 Å². The second-order valence-corrected chi connectivity index (χ2v) is 7.70. The van der Waals surface area contributed by atoms with Gasteiger partial charge in [-0.25, -0.2) is 0 Å². The Bertz CT molecular complexity index is 856. The zero-order valence-electron chi connectivity index (χ0n) is 15.8. The van der Waals surface area contributed by atoms with Crippen LogP contribution < -0.4 is 20.1 Å². The summed E-state index contributed by atoms with van der Waals surface area (Å²) in [5.41, 5.74) is 1.72. The van der Waals surface area contributed by atoms with Crippen molar-refractivity contribution in [1.82, 2.24) is 5.32 Å². The van der Waals surface area contributed by atoms with Gasteiger partial charge in [-0.2, -0.15) is 0 Å². The number of anilines is 1. The molecule has 0 aromatic heterocycles. The Morgan fingerprint density at radius 2 is 1.78 bits per heavy atom. The number of hydrogen-bond acceptors (Lipinski definition) is 4. The highest BCUT2D eigenvalue weighted by molar-refractivity contribution is 6.03. The van der Waals surface area contributed by atoms with Gasteiger partial charge in [0.2, 0.25) is 12.7 Å². The Labute approximate surface area is 158 Å². The Morgan fingerprint density at radius 3 is 2.56 bits per heavy atom. The molecule has 2 amide bonds. The van der Waals surface area contributed by atoms with Crippen molar-refractivity contribution in [2.24, 2.45) is 5.41 Å². The molecule has 27 heavy (non-hydrogen) atoms. The van der Waals surface area contributed by atoms with Crippen LogP contribution in [-0.4, -0.2) is 18.6 Å². The maximum atomic E-state index is 12.6. The molecule has 6 heteroatoms. The summed E-state index contributed by atoms with van der Waals surface area (Å²) in [5, 5.41) is 5.73. The SMILES string of the molecule is CC(C)(C)CC(=O)Nc1ccccc1C(=O)NCc1ccc2c(c1)OCO2. The van der Waals surface area contributed by atoms with Crippen molar-refractivity contribution in [3.05, 3.63) is 53.6 Å². The molecule has 3 rings (SSSR count). The minimum atomic E-state index is -0.251. The first-order valence-electron chi connectivity index (χ1n) is 8.87. The lowest BCUT2D eigenvalue weighted by molar-refractivity contribution is -0.117. The van der Waals surface area contributed by atoms with E-state index in [1.54, 1.807) is 24.3 Å². The van der Waals surface area contributed by atoms with Crippen molar-refractivity contribution in [2.45, 2.75) is 33.7 Å². The van der Waals surface area contributed by atoms with Crippen molar-refractivity contribution in [3.63, 3.8) is 0 Å². The van der Waals surface area contributed by atoms with E-state index in [9.17, 15) is 9.59 Å². The van der Waals surface area contributed by atoms with Gasteiger partial charge in [-0.3, -0.25) is 9.59 Å². The summed E-state index contributed by atoms with van der Waals surface area (Å²) in [5.74, 6) is 1.02. The zero-order valence-corrected chi connectivity index (χ0v) is 15.8. The van der Waals surface area contributed by atoms with E-state index >= 15 is 0 Å². The monoisotopic (exact) mass is 368 g/mol. The highest BCUT2D eigenvalue weighted by atomic mass is 16.7. The first kappa shape index (κ1) is 18.8. The summed E-state index contributed by atoms with van der Waals surface area (Å²) in [6, 6.07) is 12.5. The summed E-state index contributed by atoms with van der Waals surface area (Å²) < 4.78 is 10.6. The molecule has 1 aliphatic rings. The number of ether oxygens (including phenoxy) is 2. The van der Waals surface area contributed by atoms with E-state index in [1.165, 1.54) is 0 Å². The fourth-order valence-corrected chi connectivity index (χ4v) is 2.79. The molecule has 0 unspecified atom stereocenters.